The summed E-state index contributed by atoms with van der Waals surface area (Å²) in [5, 5.41) is 0. The first-order valence-corrected chi connectivity index (χ1v) is 6.46. The molecule has 1 nitrogen and oxygen atoms in total. The van der Waals surface area contributed by atoms with E-state index in [0.717, 1.165) is 25.7 Å². The molecule has 0 atom stereocenters. The van der Waals surface area contributed by atoms with Crippen molar-refractivity contribution in [3.05, 3.63) is 17.6 Å². The maximum Gasteiger partial charge on any atom is 0.144 e. The van der Waals surface area contributed by atoms with Gasteiger partial charge in [0.25, 0.3) is 0 Å². The number of allylic oxidation sites excluding steroid dienone is 2. The third-order valence-electron chi connectivity index (χ3n) is 3.60. The molecule has 0 spiro atoms. The molecule has 0 N–H and O–H groups in total. The summed E-state index contributed by atoms with van der Waals surface area (Å²) < 4.78 is 0. The summed E-state index contributed by atoms with van der Waals surface area (Å²) in [6, 6.07) is 0. The molecule has 1 fully saturated rings. The Hall–Kier alpha value is -0.590. The topological polar surface area (TPSA) is 17.1 Å². The lowest BCUT2D eigenvalue weighted by Gasteiger charge is -2.15. The predicted octanol–water partition coefficient (Wildman–Crippen LogP) is 3.98. The molecule has 2 aliphatic rings. The number of carbonyl (C=O) groups is 1. The Morgan fingerprint density at radius 3 is 2.47 bits per heavy atom. The van der Waals surface area contributed by atoms with Gasteiger partial charge in [0.15, 0.2) is 0 Å². The molecule has 2 aliphatic carbocycles. The Bertz CT molecular complexity index is 252. The van der Waals surface area contributed by atoms with E-state index in [1.165, 1.54) is 50.0 Å². The molecule has 1 heteroatoms. The van der Waals surface area contributed by atoms with Crippen LogP contribution in [0.4, 0.5) is 0 Å². The fourth-order valence-electron chi connectivity index (χ4n) is 2.68. The quantitative estimate of drug-likeness (QED) is 0.592. The molecule has 0 unspecified atom stereocenters. The van der Waals surface area contributed by atoms with Gasteiger partial charge in [-0.15, -0.1) is 0 Å². The monoisotopic (exact) mass is 205 g/mol. The molecule has 0 aliphatic heterocycles. The molecule has 0 bridgehead atoms. The fourth-order valence-corrected chi connectivity index (χ4v) is 2.68. The van der Waals surface area contributed by atoms with Crippen molar-refractivity contribution in [2.75, 3.05) is 0 Å². The van der Waals surface area contributed by atoms with E-state index in [0.29, 0.717) is 5.78 Å². The molecular formula is C14H21O. The Morgan fingerprint density at radius 2 is 1.53 bits per heavy atom. The minimum atomic E-state index is 0.445. The van der Waals surface area contributed by atoms with Gasteiger partial charge in [0.1, 0.15) is 5.78 Å². The Kier molecular flexibility index (Phi) is 3.99. The third-order valence-corrected chi connectivity index (χ3v) is 3.60. The lowest BCUT2D eigenvalue weighted by atomic mass is 9.88. The molecule has 15 heavy (non-hydrogen) atoms. The second-order valence-electron chi connectivity index (χ2n) is 4.79. The van der Waals surface area contributed by atoms with Crippen LogP contribution in [0.2, 0.25) is 0 Å². The zero-order valence-electron chi connectivity index (χ0n) is 9.56. The van der Waals surface area contributed by atoms with Gasteiger partial charge >= 0.3 is 0 Å². The van der Waals surface area contributed by atoms with Crippen molar-refractivity contribution in [3.63, 3.8) is 0 Å². The fraction of sp³-hybridized carbons (Fsp3) is 0.714. The van der Waals surface area contributed by atoms with Gasteiger partial charge in [-0.25, -0.2) is 0 Å². The van der Waals surface area contributed by atoms with Crippen LogP contribution in [0.3, 0.4) is 0 Å². The van der Waals surface area contributed by atoms with Crippen LogP contribution in [-0.2, 0) is 4.79 Å². The molecule has 1 radical (unpaired) electrons. The maximum atomic E-state index is 11.9. The zero-order chi connectivity index (χ0) is 10.5. The van der Waals surface area contributed by atoms with Gasteiger partial charge in [0.05, 0.1) is 5.92 Å². The Morgan fingerprint density at radius 1 is 0.800 bits per heavy atom. The van der Waals surface area contributed by atoms with Gasteiger partial charge in [0.2, 0.25) is 0 Å². The molecular weight excluding hydrogens is 184 g/mol. The first-order chi connectivity index (χ1) is 7.38. The van der Waals surface area contributed by atoms with Crippen LogP contribution in [0.25, 0.3) is 0 Å². The maximum absolute atomic E-state index is 11.9. The highest BCUT2D eigenvalue weighted by molar-refractivity contribution is 5.95. The van der Waals surface area contributed by atoms with Crippen molar-refractivity contribution < 1.29 is 4.79 Å². The molecule has 0 saturated heterocycles. The van der Waals surface area contributed by atoms with Gasteiger partial charge in [0, 0.05) is 6.42 Å². The number of Topliss-reactive ketones (excluding diaryl/α,β-unsaturated/α-hetero) is 1. The van der Waals surface area contributed by atoms with Crippen LogP contribution >= 0.6 is 0 Å². The highest BCUT2D eigenvalue weighted by atomic mass is 16.1. The summed E-state index contributed by atoms with van der Waals surface area (Å²) in [6.07, 6.45) is 14.0. The smallest absolute Gasteiger partial charge is 0.144 e. The summed E-state index contributed by atoms with van der Waals surface area (Å²) >= 11 is 0. The van der Waals surface area contributed by atoms with E-state index in [-0.39, 0.29) is 0 Å². The van der Waals surface area contributed by atoms with Gasteiger partial charge < -0.3 is 0 Å². The van der Waals surface area contributed by atoms with Crippen LogP contribution in [0.15, 0.2) is 11.6 Å². The average Bonchev–Trinajstić information content (AvgIpc) is 2.59. The van der Waals surface area contributed by atoms with Crippen molar-refractivity contribution in [3.8, 4) is 0 Å². The molecule has 0 aromatic carbocycles. The predicted molar refractivity (Wildman–Crippen MR) is 62.5 cm³/mol. The molecule has 0 aromatic heterocycles. The van der Waals surface area contributed by atoms with E-state index >= 15 is 0 Å². The largest absolute Gasteiger partial charge is 0.299 e. The lowest BCUT2D eigenvalue weighted by molar-refractivity contribution is -0.117. The summed E-state index contributed by atoms with van der Waals surface area (Å²) in [4.78, 5) is 11.9. The van der Waals surface area contributed by atoms with Crippen LogP contribution in [0.1, 0.15) is 64.2 Å². The standard InChI is InChI=1S/C14H21O/c15-14-11-7-3-6-10-13(14)12-8-4-1-2-5-9-12/h8H,1-7,9-11H2. The summed E-state index contributed by atoms with van der Waals surface area (Å²) in [5.74, 6) is 1.63. The number of carbonyl (C=O) groups excluding carboxylic acids is 1. The number of ketones is 1. The second-order valence-corrected chi connectivity index (χ2v) is 4.79. The van der Waals surface area contributed by atoms with Gasteiger partial charge in [-0.2, -0.15) is 0 Å². The van der Waals surface area contributed by atoms with Crippen molar-refractivity contribution >= 4 is 5.78 Å². The summed E-state index contributed by atoms with van der Waals surface area (Å²) in [7, 11) is 0. The van der Waals surface area contributed by atoms with E-state index in [4.69, 9.17) is 0 Å². The molecule has 0 heterocycles. The molecule has 83 valence electrons. The van der Waals surface area contributed by atoms with E-state index in [2.05, 4.69) is 6.08 Å². The molecule has 0 amide bonds. The van der Waals surface area contributed by atoms with Gasteiger partial charge in [-0.1, -0.05) is 30.9 Å². The SMILES string of the molecule is O=C1CCCCC[C]1C1=CCCCCC1. The zero-order valence-corrected chi connectivity index (χ0v) is 9.56. The van der Waals surface area contributed by atoms with Crippen LogP contribution in [0, 0.1) is 5.92 Å². The first-order valence-electron chi connectivity index (χ1n) is 6.46. The first kappa shape index (κ1) is 10.9. The van der Waals surface area contributed by atoms with E-state index in [9.17, 15) is 4.79 Å². The normalized spacial score (nSPS) is 25.6. The van der Waals surface area contributed by atoms with E-state index in [1.807, 2.05) is 0 Å². The highest BCUT2D eigenvalue weighted by Crippen LogP contribution is 2.32. The highest BCUT2D eigenvalue weighted by Gasteiger charge is 2.25. The molecule has 1 saturated carbocycles. The number of hydrogen-bond donors (Lipinski definition) is 0. The summed E-state index contributed by atoms with van der Waals surface area (Å²) in [6.45, 7) is 0. The van der Waals surface area contributed by atoms with E-state index < -0.39 is 0 Å². The number of rotatable bonds is 1. The Labute approximate surface area is 92.9 Å². The van der Waals surface area contributed by atoms with E-state index in [1.54, 1.807) is 0 Å². The average molecular weight is 205 g/mol. The third kappa shape index (κ3) is 2.93. The van der Waals surface area contributed by atoms with Crippen LogP contribution < -0.4 is 0 Å². The minimum absolute atomic E-state index is 0.445. The van der Waals surface area contributed by atoms with Crippen molar-refractivity contribution in [1.29, 1.82) is 0 Å². The second kappa shape index (κ2) is 5.48. The van der Waals surface area contributed by atoms with Crippen molar-refractivity contribution in [2.24, 2.45) is 0 Å². The van der Waals surface area contributed by atoms with Gasteiger partial charge in [-0.3, -0.25) is 4.79 Å². The van der Waals surface area contributed by atoms with Crippen LogP contribution in [0.5, 0.6) is 0 Å². The molecule has 0 aromatic rings. The molecule has 2 rings (SSSR count). The summed E-state index contributed by atoms with van der Waals surface area (Å²) in [5.41, 5.74) is 1.40. The lowest BCUT2D eigenvalue weighted by Crippen LogP contribution is -2.12. The van der Waals surface area contributed by atoms with Crippen molar-refractivity contribution in [2.45, 2.75) is 64.2 Å². The van der Waals surface area contributed by atoms with Crippen LogP contribution in [-0.4, -0.2) is 5.78 Å². The Balaban J connectivity index is 2.05. The van der Waals surface area contributed by atoms with Gasteiger partial charge in [-0.05, 0) is 38.5 Å². The van der Waals surface area contributed by atoms with Crippen molar-refractivity contribution in [1.82, 2.24) is 0 Å². The number of hydrogen-bond acceptors (Lipinski definition) is 1. The minimum Gasteiger partial charge on any atom is -0.299 e.